The van der Waals surface area contributed by atoms with Crippen molar-refractivity contribution in [3.8, 4) is 0 Å². The summed E-state index contributed by atoms with van der Waals surface area (Å²) in [7, 11) is 0. The number of carbonyl (C=O) groups excluding carboxylic acids is 1. The summed E-state index contributed by atoms with van der Waals surface area (Å²) in [6.07, 6.45) is 4.87. The Morgan fingerprint density at radius 1 is 1.26 bits per heavy atom. The highest BCUT2D eigenvalue weighted by Gasteiger charge is 2.47. The molecular formula is C13H20IN3O2. The van der Waals surface area contributed by atoms with Crippen molar-refractivity contribution in [1.82, 2.24) is 12.9 Å². The molecule has 0 radical (unpaired) electrons. The van der Waals surface area contributed by atoms with Crippen molar-refractivity contribution < 1.29 is 9.53 Å². The molecule has 6 heteroatoms. The Kier molecular flexibility index (Phi) is 4.40. The van der Waals surface area contributed by atoms with Gasteiger partial charge in [-0.05, 0) is 6.42 Å². The van der Waals surface area contributed by atoms with Crippen LogP contribution in [0.4, 0.5) is 0 Å². The first kappa shape index (κ1) is 13.8. The Bertz CT molecular complexity index is 371. The second-order valence-corrected chi connectivity index (χ2v) is 6.59. The van der Waals surface area contributed by atoms with Crippen LogP contribution >= 0.6 is 22.9 Å². The molecule has 0 saturated carbocycles. The molecule has 0 aliphatic carbocycles. The average molecular weight is 377 g/mol. The van der Waals surface area contributed by atoms with Crippen molar-refractivity contribution in [2.45, 2.75) is 18.5 Å². The number of ether oxygens (including phenoxy) is 1. The molecule has 5 nitrogen and oxygen atoms in total. The van der Waals surface area contributed by atoms with E-state index in [9.17, 15) is 4.79 Å². The maximum atomic E-state index is 12.1. The summed E-state index contributed by atoms with van der Waals surface area (Å²) in [5.74, 6) is 0.182. The minimum Gasteiger partial charge on any atom is -0.379 e. The van der Waals surface area contributed by atoms with Gasteiger partial charge < -0.3 is 9.64 Å². The molecule has 0 bridgehead atoms. The van der Waals surface area contributed by atoms with E-state index in [2.05, 4.69) is 30.9 Å². The Hall–Kier alpha value is -0.180. The van der Waals surface area contributed by atoms with Crippen LogP contribution in [0, 0.1) is 0 Å². The van der Waals surface area contributed by atoms with Crippen molar-refractivity contribution in [2.75, 3.05) is 45.9 Å². The molecule has 3 saturated heterocycles. The molecule has 0 aromatic rings. The van der Waals surface area contributed by atoms with E-state index in [-0.39, 0.29) is 5.91 Å². The summed E-state index contributed by atoms with van der Waals surface area (Å²) >= 11 is 2.37. The van der Waals surface area contributed by atoms with Crippen molar-refractivity contribution in [1.29, 1.82) is 0 Å². The van der Waals surface area contributed by atoms with Crippen LogP contribution in [0.2, 0.25) is 0 Å². The van der Waals surface area contributed by atoms with Gasteiger partial charge >= 0.3 is 0 Å². The number of hydrogen-bond donors (Lipinski definition) is 0. The number of carbonyl (C=O) groups is 1. The molecule has 3 rings (SSSR count). The Labute approximate surface area is 128 Å². The van der Waals surface area contributed by atoms with Gasteiger partial charge in [-0.1, -0.05) is 6.08 Å². The van der Waals surface area contributed by atoms with E-state index < -0.39 is 0 Å². The molecule has 2 atom stereocenters. The zero-order chi connectivity index (χ0) is 13.2. The molecule has 106 valence electrons. The van der Waals surface area contributed by atoms with Crippen LogP contribution < -0.4 is 0 Å². The number of halogens is 1. The zero-order valence-electron chi connectivity index (χ0n) is 11.0. The minimum atomic E-state index is 0.182. The van der Waals surface area contributed by atoms with Crippen LogP contribution in [0.1, 0.15) is 6.42 Å². The monoisotopic (exact) mass is 377 g/mol. The van der Waals surface area contributed by atoms with Crippen molar-refractivity contribution in [2.24, 2.45) is 0 Å². The van der Waals surface area contributed by atoms with Crippen LogP contribution in [-0.2, 0) is 9.53 Å². The molecule has 3 fully saturated rings. The molecule has 3 heterocycles. The highest BCUT2D eigenvalue weighted by Crippen LogP contribution is 2.34. The first-order valence-electron chi connectivity index (χ1n) is 6.95. The van der Waals surface area contributed by atoms with Crippen LogP contribution in [0.5, 0.6) is 0 Å². The number of fused-ring (bicyclic) bond motifs is 1. The number of rotatable bonds is 3. The van der Waals surface area contributed by atoms with Gasteiger partial charge in [0.2, 0.25) is 5.91 Å². The molecule has 2 unspecified atom stereocenters. The van der Waals surface area contributed by atoms with Gasteiger partial charge in [0.1, 0.15) is 0 Å². The van der Waals surface area contributed by atoms with Gasteiger partial charge in [-0.25, -0.2) is 3.11 Å². The fourth-order valence-electron chi connectivity index (χ4n) is 3.01. The third-order valence-corrected chi connectivity index (χ3v) is 5.44. The highest BCUT2D eigenvalue weighted by molar-refractivity contribution is 14.1. The highest BCUT2D eigenvalue weighted by atomic mass is 127. The third kappa shape index (κ3) is 2.96. The molecule has 0 aromatic carbocycles. The molecule has 19 heavy (non-hydrogen) atoms. The van der Waals surface area contributed by atoms with E-state index in [1.807, 2.05) is 11.0 Å². The van der Waals surface area contributed by atoms with Crippen LogP contribution in [0.3, 0.4) is 0 Å². The topological polar surface area (TPSA) is 36.0 Å². The minimum absolute atomic E-state index is 0.182. The first-order valence-corrected chi connectivity index (χ1v) is 7.92. The average Bonchev–Trinajstić information content (AvgIpc) is 2.65. The van der Waals surface area contributed by atoms with Crippen molar-refractivity contribution >= 4 is 28.8 Å². The molecular weight excluding hydrogens is 357 g/mol. The van der Waals surface area contributed by atoms with E-state index in [4.69, 9.17) is 4.74 Å². The predicted molar refractivity (Wildman–Crippen MR) is 81.0 cm³/mol. The lowest BCUT2D eigenvalue weighted by molar-refractivity contribution is -0.134. The van der Waals surface area contributed by atoms with Gasteiger partial charge in [-0.2, -0.15) is 0 Å². The molecule has 3 aliphatic rings. The van der Waals surface area contributed by atoms with Crippen molar-refractivity contribution in [3.63, 3.8) is 0 Å². The van der Waals surface area contributed by atoms with Gasteiger partial charge in [0, 0.05) is 61.7 Å². The molecule has 0 aromatic heterocycles. The van der Waals surface area contributed by atoms with Crippen molar-refractivity contribution in [3.05, 3.63) is 12.2 Å². The maximum Gasteiger partial charge on any atom is 0.246 e. The predicted octanol–water partition coefficient (Wildman–Crippen LogP) is 0.510. The van der Waals surface area contributed by atoms with Gasteiger partial charge in [-0.15, -0.1) is 0 Å². The van der Waals surface area contributed by atoms with E-state index in [0.29, 0.717) is 12.1 Å². The Morgan fingerprint density at radius 3 is 2.79 bits per heavy atom. The van der Waals surface area contributed by atoms with Crippen LogP contribution in [-0.4, -0.2) is 76.8 Å². The lowest BCUT2D eigenvalue weighted by Crippen LogP contribution is -2.61. The van der Waals surface area contributed by atoms with Crippen LogP contribution in [0.15, 0.2) is 12.2 Å². The number of morpholine rings is 1. The van der Waals surface area contributed by atoms with Crippen LogP contribution in [0.25, 0.3) is 0 Å². The fraction of sp³-hybridized carbons (Fsp3) is 0.769. The fourth-order valence-corrected chi connectivity index (χ4v) is 3.83. The number of likely N-dealkylation sites (tertiary alicyclic amines) is 1. The summed E-state index contributed by atoms with van der Waals surface area (Å²) in [4.78, 5) is 16.4. The Morgan fingerprint density at radius 2 is 2.05 bits per heavy atom. The number of amides is 1. The molecule has 0 spiro atoms. The second-order valence-electron chi connectivity index (χ2n) is 5.35. The summed E-state index contributed by atoms with van der Waals surface area (Å²) in [5.41, 5.74) is 0. The second kappa shape index (κ2) is 6.07. The largest absolute Gasteiger partial charge is 0.379 e. The third-order valence-electron chi connectivity index (χ3n) is 4.24. The molecule has 3 aliphatic heterocycles. The summed E-state index contributed by atoms with van der Waals surface area (Å²) in [6.45, 7) is 6.42. The SMILES string of the molecule is O=C(/C=C/CN1CCOCC1)N1CC2C1CCN2I. The normalized spacial score (nSPS) is 32.6. The Balaban J connectivity index is 1.44. The lowest BCUT2D eigenvalue weighted by Gasteiger charge is -2.45. The summed E-state index contributed by atoms with van der Waals surface area (Å²) < 4.78 is 7.64. The van der Waals surface area contributed by atoms with E-state index in [1.165, 1.54) is 0 Å². The molecule has 0 N–H and O–H groups in total. The van der Waals surface area contributed by atoms with E-state index in [1.54, 1.807) is 6.08 Å². The van der Waals surface area contributed by atoms with E-state index >= 15 is 0 Å². The first-order chi connectivity index (χ1) is 9.25. The van der Waals surface area contributed by atoms with Gasteiger partial charge in [-0.3, -0.25) is 9.69 Å². The van der Waals surface area contributed by atoms with E-state index in [0.717, 1.165) is 52.4 Å². The van der Waals surface area contributed by atoms with Gasteiger partial charge in [0.15, 0.2) is 0 Å². The summed E-state index contributed by atoms with van der Waals surface area (Å²) in [6, 6.07) is 1.05. The molecule has 1 amide bonds. The smallest absolute Gasteiger partial charge is 0.246 e. The zero-order valence-corrected chi connectivity index (χ0v) is 13.2. The summed E-state index contributed by atoms with van der Waals surface area (Å²) in [5, 5.41) is 0. The number of nitrogens with zero attached hydrogens (tertiary/aromatic N) is 3. The van der Waals surface area contributed by atoms with Gasteiger partial charge in [0.05, 0.1) is 25.3 Å². The maximum absolute atomic E-state index is 12.1. The standard InChI is InChI=1S/C13H20IN3O2/c14-17-5-3-11-12(17)10-16(11)13(18)2-1-4-15-6-8-19-9-7-15/h1-2,11-12H,3-10H2/b2-1+. The lowest BCUT2D eigenvalue weighted by atomic mass is 9.98. The number of hydrogen-bond acceptors (Lipinski definition) is 4. The quantitative estimate of drug-likeness (QED) is 0.408. The van der Waals surface area contributed by atoms with Gasteiger partial charge in [0.25, 0.3) is 0 Å².